The van der Waals surface area contributed by atoms with Gasteiger partial charge in [-0.15, -0.1) is 0 Å². The average molecular weight is 407 g/mol. The fourth-order valence-corrected chi connectivity index (χ4v) is 3.96. The molecule has 0 radical (unpaired) electrons. The first-order valence-corrected chi connectivity index (χ1v) is 9.92. The van der Waals surface area contributed by atoms with E-state index in [0.717, 1.165) is 37.3 Å². The summed E-state index contributed by atoms with van der Waals surface area (Å²) in [5.41, 5.74) is 3.12. The van der Waals surface area contributed by atoms with E-state index in [1.807, 2.05) is 30.3 Å². The van der Waals surface area contributed by atoms with Crippen molar-refractivity contribution in [1.29, 1.82) is 0 Å². The van der Waals surface area contributed by atoms with Crippen molar-refractivity contribution in [3.05, 3.63) is 53.6 Å². The molecule has 1 saturated heterocycles. The van der Waals surface area contributed by atoms with Crippen LogP contribution < -0.4 is 14.8 Å². The van der Waals surface area contributed by atoms with Crippen LogP contribution in [-0.4, -0.2) is 61.4 Å². The molecule has 0 spiro atoms. The lowest BCUT2D eigenvalue weighted by Gasteiger charge is -2.28. The number of aromatic carboxylic acids is 1. The second-order valence-electron chi connectivity index (χ2n) is 7.24. The second-order valence-corrected chi connectivity index (χ2v) is 7.24. The van der Waals surface area contributed by atoms with E-state index in [2.05, 4.69) is 10.2 Å². The van der Waals surface area contributed by atoms with E-state index in [0.29, 0.717) is 34.6 Å². The van der Waals surface area contributed by atoms with Gasteiger partial charge in [-0.25, -0.2) is 9.78 Å². The van der Waals surface area contributed by atoms with Gasteiger partial charge in [0, 0.05) is 55.3 Å². The van der Waals surface area contributed by atoms with Crippen molar-refractivity contribution in [2.45, 2.75) is 6.54 Å². The summed E-state index contributed by atoms with van der Waals surface area (Å²) in [5, 5.41) is 14.1. The highest BCUT2D eigenvalue weighted by molar-refractivity contribution is 6.06. The van der Waals surface area contributed by atoms with Crippen LogP contribution >= 0.6 is 0 Å². The Morgan fingerprint density at radius 3 is 2.40 bits per heavy atom. The summed E-state index contributed by atoms with van der Waals surface area (Å²) in [6, 6.07) is 13.2. The lowest BCUT2D eigenvalue weighted by atomic mass is 9.95. The van der Waals surface area contributed by atoms with Crippen molar-refractivity contribution in [1.82, 2.24) is 15.2 Å². The average Bonchev–Trinajstić information content (AvgIpc) is 2.78. The first-order chi connectivity index (χ1) is 14.6. The number of ether oxygens (including phenoxy) is 2. The van der Waals surface area contributed by atoms with Gasteiger partial charge in [0.2, 0.25) is 0 Å². The minimum Gasteiger partial charge on any atom is -0.493 e. The van der Waals surface area contributed by atoms with E-state index in [4.69, 9.17) is 14.5 Å². The molecule has 0 amide bonds. The van der Waals surface area contributed by atoms with Crippen molar-refractivity contribution < 1.29 is 19.4 Å². The van der Waals surface area contributed by atoms with Gasteiger partial charge in [0.15, 0.2) is 11.5 Å². The van der Waals surface area contributed by atoms with E-state index >= 15 is 0 Å². The van der Waals surface area contributed by atoms with Crippen LogP contribution in [0.1, 0.15) is 15.9 Å². The molecular weight excluding hydrogens is 382 g/mol. The Hall–Kier alpha value is -3.16. The van der Waals surface area contributed by atoms with Crippen molar-refractivity contribution >= 4 is 16.9 Å². The molecule has 4 rings (SSSR count). The Balaban J connectivity index is 2.00. The number of rotatable bonds is 6. The maximum atomic E-state index is 12.5. The van der Waals surface area contributed by atoms with Gasteiger partial charge in [0.1, 0.15) is 0 Å². The van der Waals surface area contributed by atoms with Crippen molar-refractivity contribution in [2.24, 2.45) is 0 Å². The third-order valence-electron chi connectivity index (χ3n) is 5.44. The molecule has 1 aliphatic rings. The number of pyridine rings is 1. The number of fused-ring (bicyclic) bond motifs is 1. The van der Waals surface area contributed by atoms with Crippen LogP contribution in [0.15, 0.2) is 42.5 Å². The summed E-state index contributed by atoms with van der Waals surface area (Å²) in [6.45, 7) is 4.00. The molecule has 1 fully saturated rings. The number of nitrogens with one attached hydrogen (secondary N) is 1. The van der Waals surface area contributed by atoms with Crippen LogP contribution in [0.5, 0.6) is 11.5 Å². The van der Waals surface area contributed by atoms with Gasteiger partial charge in [-0.05, 0) is 6.07 Å². The van der Waals surface area contributed by atoms with E-state index in [-0.39, 0.29) is 5.56 Å². The van der Waals surface area contributed by atoms with Gasteiger partial charge >= 0.3 is 5.97 Å². The smallest absolute Gasteiger partial charge is 0.336 e. The SMILES string of the molecule is COc1cc2nc(-c3ccccc3)c(CN3CCNCC3)c(C(=O)O)c2cc1OC. The third kappa shape index (κ3) is 3.81. The van der Waals surface area contributed by atoms with Gasteiger partial charge in [-0.3, -0.25) is 4.90 Å². The Morgan fingerprint density at radius 1 is 1.10 bits per heavy atom. The molecule has 0 aliphatic carbocycles. The number of nitrogens with zero attached hydrogens (tertiary/aromatic N) is 2. The zero-order chi connectivity index (χ0) is 21.1. The first kappa shape index (κ1) is 20.1. The Labute approximate surface area is 175 Å². The molecular formula is C23H25N3O4. The first-order valence-electron chi connectivity index (χ1n) is 9.92. The molecule has 0 bridgehead atoms. The van der Waals surface area contributed by atoms with Crippen LogP contribution in [0.2, 0.25) is 0 Å². The van der Waals surface area contributed by atoms with E-state index in [9.17, 15) is 9.90 Å². The Bertz CT molecular complexity index is 1060. The molecule has 30 heavy (non-hydrogen) atoms. The monoisotopic (exact) mass is 407 g/mol. The number of carboxylic acid groups (broad SMARTS) is 1. The molecule has 0 saturated carbocycles. The molecule has 0 unspecified atom stereocenters. The van der Waals surface area contributed by atoms with Crippen molar-refractivity contribution in [3.63, 3.8) is 0 Å². The van der Waals surface area contributed by atoms with Crippen LogP contribution in [0.3, 0.4) is 0 Å². The van der Waals surface area contributed by atoms with Gasteiger partial charge < -0.3 is 19.9 Å². The summed E-state index contributed by atoms with van der Waals surface area (Å²) in [5.74, 6) is 0.0227. The highest BCUT2D eigenvalue weighted by atomic mass is 16.5. The summed E-state index contributed by atoms with van der Waals surface area (Å²) >= 11 is 0. The fraction of sp³-hybridized carbons (Fsp3) is 0.304. The molecule has 0 atom stereocenters. The molecule has 1 aromatic heterocycles. The predicted molar refractivity (Wildman–Crippen MR) is 115 cm³/mol. The van der Waals surface area contributed by atoms with Gasteiger partial charge in [0.25, 0.3) is 0 Å². The van der Waals surface area contributed by atoms with Gasteiger partial charge in [-0.1, -0.05) is 30.3 Å². The molecule has 2 aromatic carbocycles. The molecule has 2 N–H and O–H groups in total. The minimum absolute atomic E-state index is 0.262. The topological polar surface area (TPSA) is 83.9 Å². The standard InChI is InChI=1S/C23H25N3O4/c1-29-19-12-16-18(13-20(19)30-2)25-22(15-6-4-3-5-7-15)17(21(16)23(27)28)14-26-10-8-24-9-11-26/h3-7,12-13,24H,8-11,14H2,1-2H3,(H,27,28). The number of aromatic nitrogens is 1. The van der Waals surface area contributed by atoms with Crippen molar-refractivity contribution in [2.75, 3.05) is 40.4 Å². The van der Waals surface area contributed by atoms with Crippen LogP contribution in [0.25, 0.3) is 22.2 Å². The molecule has 7 nitrogen and oxygen atoms in total. The minimum atomic E-state index is -0.975. The Morgan fingerprint density at radius 2 is 1.77 bits per heavy atom. The van der Waals surface area contributed by atoms with E-state index in [1.165, 1.54) is 7.11 Å². The summed E-state index contributed by atoms with van der Waals surface area (Å²) < 4.78 is 10.8. The van der Waals surface area contributed by atoms with Gasteiger partial charge in [-0.2, -0.15) is 0 Å². The number of benzene rings is 2. The zero-order valence-corrected chi connectivity index (χ0v) is 17.1. The lowest BCUT2D eigenvalue weighted by Crippen LogP contribution is -2.43. The molecule has 2 heterocycles. The highest BCUT2D eigenvalue weighted by Gasteiger charge is 2.25. The predicted octanol–water partition coefficient (Wildman–Crippen LogP) is 3.02. The van der Waals surface area contributed by atoms with E-state index < -0.39 is 5.97 Å². The van der Waals surface area contributed by atoms with Crippen molar-refractivity contribution in [3.8, 4) is 22.8 Å². The molecule has 7 heteroatoms. The molecule has 156 valence electrons. The number of piperazine rings is 1. The maximum Gasteiger partial charge on any atom is 0.336 e. The summed E-state index contributed by atoms with van der Waals surface area (Å²) in [4.78, 5) is 19.6. The second kappa shape index (κ2) is 8.69. The van der Waals surface area contributed by atoms with Crippen LogP contribution in [0.4, 0.5) is 0 Å². The normalized spacial score (nSPS) is 14.6. The highest BCUT2D eigenvalue weighted by Crippen LogP contribution is 2.37. The van der Waals surface area contributed by atoms with Crippen LogP contribution in [0, 0.1) is 0 Å². The largest absolute Gasteiger partial charge is 0.493 e. The third-order valence-corrected chi connectivity index (χ3v) is 5.44. The Kier molecular flexibility index (Phi) is 5.83. The van der Waals surface area contributed by atoms with Gasteiger partial charge in [0.05, 0.1) is 31.0 Å². The summed E-state index contributed by atoms with van der Waals surface area (Å²) in [7, 11) is 3.09. The number of methoxy groups -OCH3 is 2. The van der Waals surface area contributed by atoms with E-state index in [1.54, 1.807) is 19.2 Å². The van der Waals surface area contributed by atoms with Crippen LogP contribution in [-0.2, 0) is 6.54 Å². The molecule has 3 aromatic rings. The fourth-order valence-electron chi connectivity index (χ4n) is 3.96. The number of hydrogen-bond acceptors (Lipinski definition) is 6. The summed E-state index contributed by atoms with van der Waals surface area (Å²) in [6.07, 6.45) is 0. The maximum absolute atomic E-state index is 12.5. The lowest BCUT2D eigenvalue weighted by molar-refractivity contribution is 0.0696. The number of hydrogen-bond donors (Lipinski definition) is 2. The quantitative estimate of drug-likeness (QED) is 0.650. The number of carboxylic acids is 1. The molecule has 1 aliphatic heterocycles. The number of carbonyl (C=O) groups is 1. The zero-order valence-electron chi connectivity index (χ0n) is 17.1.